The zero-order chi connectivity index (χ0) is 19.3. The zero-order valence-electron chi connectivity index (χ0n) is 16.1. The molecular formula is C20H31FN3O2+. The number of hydrogen-bond acceptors (Lipinski definition) is 2. The highest BCUT2D eigenvalue weighted by atomic mass is 19.1. The Morgan fingerprint density at radius 2 is 2.04 bits per heavy atom. The van der Waals surface area contributed by atoms with Gasteiger partial charge < -0.3 is 15.5 Å². The van der Waals surface area contributed by atoms with E-state index in [4.69, 9.17) is 0 Å². The Hall–Kier alpha value is -1.95. The molecule has 1 saturated carbocycles. The first-order valence-electron chi connectivity index (χ1n) is 9.46. The van der Waals surface area contributed by atoms with Crippen molar-refractivity contribution in [2.75, 3.05) is 18.9 Å². The van der Waals surface area contributed by atoms with Gasteiger partial charge in [0.15, 0.2) is 12.6 Å². The van der Waals surface area contributed by atoms with Gasteiger partial charge in [0.25, 0.3) is 11.8 Å². The maximum atomic E-state index is 13.2. The van der Waals surface area contributed by atoms with Crippen LogP contribution >= 0.6 is 0 Å². The van der Waals surface area contributed by atoms with E-state index >= 15 is 0 Å². The summed E-state index contributed by atoms with van der Waals surface area (Å²) in [6.07, 6.45) is 3.38. The van der Waals surface area contributed by atoms with Gasteiger partial charge in [-0.3, -0.25) is 9.59 Å². The number of likely N-dealkylation sites (N-methyl/N-ethyl adjacent to an activating group) is 1. The van der Waals surface area contributed by atoms with Crippen molar-refractivity contribution in [2.45, 2.75) is 52.1 Å². The molecule has 0 spiro atoms. The average molecular weight is 364 g/mol. The summed E-state index contributed by atoms with van der Waals surface area (Å²) in [7, 11) is 1.82. The number of nitrogens with one attached hydrogen (secondary N) is 3. The summed E-state index contributed by atoms with van der Waals surface area (Å²) < 4.78 is 13.2. The third-order valence-electron chi connectivity index (χ3n) is 5.71. The Morgan fingerprint density at radius 1 is 1.31 bits per heavy atom. The van der Waals surface area contributed by atoms with Crippen LogP contribution in [0.4, 0.5) is 10.1 Å². The maximum Gasteiger partial charge on any atom is 0.279 e. The first-order chi connectivity index (χ1) is 12.3. The van der Waals surface area contributed by atoms with Crippen molar-refractivity contribution in [3.8, 4) is 0 Å². The van der Waals surface area contributed by atoms with Gasteiger partial charge in [0.05, 0.1) is 7.05 Å². The first-order valence-corrected chi connectivity index (χ1v) is 9.46. The van der Waals surface area contributed by atoms with Gasteiger partial charge in [0.1, 0.15) is 5.82 Å². The number of carbonyl (C=O) groups is 2. The van der Waals surface area contributed by atoms with Gasteiger partial charge in [0.2, 0.25) is 0 Å². The molecule has 1 aliphatic carbocycles. The van der Waals surface area contributed by atoms with Gasteiger partial charge in [-0.15, -0.1) is 0 Å². The summed E-state index contributed by atoms with van der Waals surface area (Å²) in [6, 6.07) is 5.66. The highest BCUT2D eigenvalue weighted by Crippen LogP contribution is 2.29. The van der Waals surface area contributed by atoms with Crippen LogP contribution in [-0.4, -0.2) is 37.5 Å². The Bertz CT molecular complexity index is 637. The maximum absolute atomic E-state index is 13.2. The Balaban J connectivity index is 1.84. The molecule has 26 heavy (non-hydrogen) atoms. The molecule has 1 aromatic rings. The quantitative estimate of drug-likeness (QED) is 0.718. The van der Waals surface area contributed by atoms with Gasteiger partial charge in [-0.05, 0) is 43.4 Å². The number of carbonyl (C=O) groups excluding carboxylic acids is 2. The van der Waals surface area contributed by atoms with E-state index < -0.39 is 5.82 Å². The standard InChI is InChI=1S/C20H30FN3O2/c1-13-7-5-10-18(14(13)2)23-20(26)15(3)24(4)12-19(25)22-17-9-6-8-16(21)11-17/h6,8-9,11,13-15,18H,5,7,10,12H2,1-4H3,(H,22,25)(H,23,26)/p+1/t13-,14-,15-,18-/m1/s1. The van der Waals surface area contributed by atoms with Crippen LogP contribution in [0.25, 0.3) is 0 Å². The highest BCUT2D eigenvalue weighted by molar-refractivity contribution is 5.91. The number of benzene rings is 1. The third kappa shape index (κ3) is 5.53. The van der Waals surface area contributed by atoms with Crippen LogP contribution < -0.4 is 15.5 Å². The van der Waals surface area contributed by atoms with Crippen molar-refractivity contribution < 1.29 is 18.9 Å². The smallest absolute Gasteiger partial charge is 0.279 e. The van der Waals surface area contributed by atoms with Crippen LogP contribution in [0.1, 0.15) is 40.0 Å². The molecule has 0 heterocycles. The van der Waals surface area contributed by atoms with Crippen molar-refractivity contribution in [1.29, 1.82) is 0 Å². The molecule has 0 radical (unpaired) electrons. The summed E-state index contributed by atoms with van der Waals surface area (Å²) in [5.74, 6) is 0.425. The molecule has 5 nitrogen and oxygen atoms in total. The normalized spacial score (nSPS) is 25.2. The molecule has 3 N–H and O–H groups in total. The van der Waals surface area contributed by atoms with Gasteiger partial charge in [-0.1, -0.05) is 32.8 Å². The summed E-state index contributed by atoms with van der Waals surface area (Å²) in [4.78, 5) is 25.5. The van der Waals surface area contributed by atoms with Crippen molar-refractivity contribution in [3.63, 3.8) is 0 Å². The molecule has 6 heteroatoms. The lowest BCUT2D eigenvalue weighted by Crippen LogP contribution is -3.15. The Kier molecular flexibility index (Phi) is 7.14. The number of anilines is 1. The molecule has 1 aromatic carbocycles. The average Bonchev–Trinajstić information content (AvgIpc) is 2.58. The van der Waals surface area contributed by atoms with E-state index in [1.165, 1.54) is 18.6 Å². The minimum absolute atomic E-state index is 0.0213. The molecule has 0 saturated heterocycles. The molecular weight excluding hydrogens is 333 g/mol. The molecule has 1 aliphatic rings. The lowest BCUT2D eigenvalue weighted by Gasteiger charge is -2.35. The second-order valence-electron chi connectivity index (χ2n) is 7.69. The van der Waals surface area contributed by atoms with Crippen LogP contribution in [0, 0.1) is 17.7 Å². The summed E-state index contributed by atoms with van der Waals surface area (Å²) in [6.45, 7) is 6.40. The first kappa shape index (κ1) is 20.4. The summed E-state index contributed by atoms with van der Waals surface area (Å²) in [5.41, 5.74) is 0.421. The van der Waals surface area contributed by atoms with E-state index in [0.29, 0.717) is 17.5 Å². The Morgan fingerprint density at radius 3 is 2.73 bits per heavy atom. The predicted molar refractivity (Wildman–Crippen MR) is 100 cm³/mol. The van der Waals surface area contributed by atoms with Crippen LogP contribution in [0.3, 0.4) is 0 Å². The van der Waals surface area contributed by atoms with Crippen LogP contribution in [0.2, 0.25) is 0 Å². The molecule has 5 atom stereocenters. The molecule has 2 rings (SSSR count). The lowest BCUT2D eigenvalue weighted by molar-refractivity contribution is -0.885. The monoisotopic (exact) mass is 364 g/mol. The fourth-order valence-electron chi connectivity index (χ4n) is 3.49. The van der Waals surface area contributed by atoms with Crippen LogP contribution in [0.15, 0.2) is 24.3 Å². The van der Waals surface area contributed by atoms with E-state index in [1.807, 2.05) is 14.0 Å². The van der Waals surface area contributed by atoms with Crippen LogP contribution in [-0.2, 0) is 9.59 Å². The van der Waals surface area contributed by atoms with Gasteiger partial charge in [0, 0.05) is 11.7 Å². The summed E-state index contributed by atoms with van der Waals surface area (Å²) >= 11 is 0. The van der Waals surface area contributed by atoms with Crippen molar-refractivity contribution >= 4 is 17.5 Å². The second kappa shape index (κ2) is 9.12. The van der Waals surface area contributed by atoms with E-state index in [1.54, 1.807) is 12.1 Å². The third-order valence-corrected chi connectivity index (χ3v) is 5.71. The van der Waals surface area contributed by atoms with Gasteiger partial charge in [-0.25, -0.2) is 4.39 Å². The largest absolute Gasteiger partial charge is 0.348 e. The fourth-order valence-corrected chi connectivity index (χ4v) is 3.49. The van der Waals surface area contributed by atoms with Crippen molar-refractivity contribution in [2.24, 2.45) is 11.8 Å². The molecule has 0 aliphatic heterocycles. The number of quaternary nitrogens is 1. The van der Waals surface area contributed by atoms with E-state index in [9.17, 15) is 14.0 Å². The molecule has 0 aromatic heterocycles. The number of hydrogen-bond donors (Lipinski definition) is 3. The van der Waals surface area contributed by atoms with Crippen molar-refractivity contribution in [1.82, 2.24) is 5.32 Å². The Labute approximate surface area is 155 Å². The minimum atomic E-state index is -0.396. The SMILES string of the molecule is C[C@@H]1[C@H](C)CCC[C@H]1NC(=O)[C@@H](C)[NH+](C)CC(=O)Nc1cccc(F)c1. The zero-order valence-corrected chi connectivity index (χ0v) is 16.1. The number of rotatable bonds is 6. The summed E-state index contributed by atoms with van der Waals surface area (Å²) in [5, 5.41) is 5.84. The fraction of sp³-hybridized carbons (Fsp3) is 0.600. The number of halogens is 1. The van der Waals surface area contributed by atoms with Crippen molar-refractivity contribution in [3.05, 3.63) is 30.1 Å². The minimum Gasteiger partial charge on any atom is -0.348 e. The molecule has 1 unspecified atom stereocenters. The molecule has 0 bridgehead atoms. The molecule has 1 fully saturated rings. The van der Waals surface area contributed by atoms with Crippen LogP contribution in [0.5, 0.6) is 0 Å². The lowest BCUT2D eigenvalue weighted by atomic mass is 9.78. The second-order valence-corrected chi connectivity index (χ2v) is 7.69. The highest BCUT2D eigenvalue weighted by Gasteiger charge is 2.31. The predicted octanol–water partition coefficient (Wildman–Crippen LogP) is 1.61. The molecule has 144 valence electrons. The van der Waals surface area contributed by atoms with E-state index in [0.717, 1.165) is 17.7 Å². The topological polar surface area (TPSA) is 62.6 Å². The van der Waals surface area contributed by atoms with Gasteiger partial charge in [-0.2, -0.15) is 0 Å². The van der Waals surface area contributed by atoms with E-state index in [2.05, 4.69) is 24.5 Å². The number of amides is 2. The van der Waals surface area contributed by atoms with E-state index in [-0.39, 0.29) is 30.4 Å². The van der Waals surface area contributed by atoms with Gasteiger partial charge >= 0.3 is 0 Å². The molecule has 2 amide bonds.